The number of likely N-dealkylation sites (N-methyl/N-ethyl adjacent to an activating group) is 1. The van der Waals surface area contributed by atoms with Gasteiger partial charge in [0.2, 0.25) is 0 Å². The number of anilines is 1. The second-order valence-corrected chi connectivity index (χ2v) is 6.12. The van der Waals surface area contributed by atoms with Crippen LogP contribution >= 0.6 is 0 Å². The van der Waals surface area contributed by atoms with Crippen LogP contribution in [0.3, 0.4) is 0 Å². The van der Waals surface area contributed by atoms with Gasteiger partial charge in [-0.15, -0.1) is 0 Å². The van der Waals surface area contributed by atoms with E-state index in [0.717, 1.165) is 44.8 Å². The minimum atomic E-state index is 0.773. The predicted molar refractivity (Wildman–Crippen MR) is 90.9 cm³/mol. The molecule has 0 amide bonds. The van der Waals surface area contributed by atoms with E-state index in [2.05, 4.69) is 53.7 Å². The fourth-order valence-electron chi connectivity index (χ4n) is 3.62. The van der Waals surface area contributed by atoms with Crippen LogP contribution < -0.4 is 15.0 Å². The molecule has 2 heterocycles. The molecule has 3 heteroatoms. The number of hydrogen-bond donors (Lipinski definition) is 1. The van der Waals surface area contributed by atoms with Crippen molar-refractivity contribution in [2.24, 2.45) is 0 Å². The molecule has 2 aliphatic heterocycles. The lowest BCUT2D eigenvalue weighted by Gasteiger charge is -2.32. The molecule has 2 aromatic carbocycles. The molecule has 0 aromatic heterocycles. The summed E-state index contributed by atoms with van der Waals surface area (Å²) in [6.45, 7) is 3.82. The highest BCUT2D eigenvalue weighted by Gasteiger charge is 2.25. The zero-order valence-electron chi connectivity index (χ0n) is 13.1. The van der Waals surface area contributed by atoms with E-state index in [9.17, 15) is 0 Å². The first-order valence-corrected chi connectivity index (χ1v) is 8.13. The van der Waals surface area contributed by atoms with Crippen molar-refractivity contribution >= 4 is 5.69 Å². The number of ether oxygens (including phenoxy) is 1. The van der Waals surface area contributed by atoms with E-state index in [-0.39, 0.29) is 0 Å². The summed E-state index contributed by atoms with van der Waals surface area (Å²) in [6.07, 6.45) is 2.16. The van der Waals surface area contributed by atoms with Crippen LogP contribution in [-0.4, -0.2) is 33.3 Å². The summed E-state index contributed by atoms with van der Waals surface area (Å²) in [4.78, 5) is 2.35. The molecule has 2 aliphatic rings. The lowest BCUT2D eigenvalue weighted by atomic mass is 9.89. The van der Waals surface area contributed by atoms with Crippen LogP contribution in [0.25, 0.3) is 11.1 Å². The average Bonchev–Trinajstić information content (AvgIpc) is 2.79. The topological polar surface area (TPSA) is 24.5 Å². The fraction of sp³-hybridized carbons (Fsp3) is 0.368. The summed E-state index contributed by atoms with van der Waals surface area (Å²) in [5, 5.41) is 3.52. The van der Waals surface area contributed by atoms with Gasteiger partial charge in [0.15, 0.2) is 0 Å². The Balaban J connectivity index is 2.00. The Hall–Kier alpha value is -2.00. The molecule has 0 unspecified atom stereocenters. The van der Waals surface area contributed by atoms with Crippen molar-refractivity contribution in [3.05, 3.63) is 47.5 Å². The highest BCUT2D eigenvalue weighted by Crippen LogP contribution is 2.44. The predicted octanol–water partition coefficient (Wildman–Crippen LogP) is 2.87. The zero-order chi connectivity index (χ0) is 14.9. The van der Waals surface area contributed by atoms with E-state index in [1.54, 1.807) is 0 Å². The summed E-state index contributed by atoms with van der Waals surface area (Å²) < 4.78 is 6.00. The first-order chi connectivity index (χ1) is 10.8. The molecule has 4 rings (SSSR count). The molecule has 0 atom stereocenters. The van der Waals surface area contributed by atoms with Crippen LogP contribution in [0, 0.1) is 0 Å². The average molecular weight is 294 g/mol. The Bertz CT molecular complexity index is 682. The smallest absolute Gasteiger partial charge is 0.143 e. The minimum Gasteiger partial charge on any atom is -0.490 e. The molecule has 0 radical (unpaired) electrons. The molecule has 0 saturated carbocycles. The van der Waals surface area contributed by atoms with Gasteiger partial charge >= 0.3 is 0 Å². The molecular weight excluding hydrogens is 272 g/mol. The van der Waals surface area contributed by atoms with Crippen molar-refractivity contribution in [1.29, 1.82) is 0 Å². The number of benzene rings is 2. The van der Waals surface area contributed by atoms with E-state index in [1.807, 2.05) is 0 Å². The third-order valence-electron chi connectivity index (χ3n) is 4.72. The Morgan fingerprint density at radius 2 is 1.91 bits per heavy atom. The molecule has 0 bridgehead atoms. The molecule has 0 aliphatic carbocycles. The van der Waals surface area contributed by atoms with Gasteiger partial charge < -0.3 is 15.0 Å². The number of nitrogens with zero attached hydrogens (tertiary/aromatic N) is 1. The maximum absolute atomic E-state index is 6.00. The van der Waals surface area contributed by atoms with Crippen LogP contribution in [0.15, 0.2) is 36.4 Å². The number of nitrogens with one attached hydrogen (secondary N) is 1. The molecule has 3 nitrogen and oxygen atoms in total. The van der Waals surface area contributed by atoms with Gasteiger partial charge in [-0.05, 0) is 48.7 Å². The van der Waals surface area contributed by atoms with Crippen LogP contribution in [0.4, 0.5) is 5.69 Å². The van der Waals surface area contributed by atoms with Gasteiger partial charge in [0, 0.05) is 12.6 Å². The first kappa shape index (κ1) is 13.6. The Labute approximate surface area is 131 Å². The van der Waals surface area contributed by atoms with Gasteiger partial charge in [-0.3, -0.25) is 0 Å². The second kappa shape index (κ2) is 5.65. The van der Waals surface area contributed by atoms with E-state index in [0.29, 0.717) is 0 Å². The Morgan fingerprint density at radius 3 is 2.77 bits per heavy atom. The zero-order valence-corrected chi connectivity index (χ0v) is 13.1. The highest BCUT2D eigenvalue weighted by atomic mass is 16.5. The maximum atomic E-state index is 6.00. The monoisotopic (exact) mass is 294 g/mol. The molecule has 1 N–H and O–H groups in total. The molecule has 0 saturated heterocycles. The van der Waals surface area contributed by atoms with E-state index >= 15 is 0 Å². The van der Waals surface area contributed by atoms with Crippen molar-refractivity contribution in [3.8, 4) is 16.9 Å². The Kier molecular flexibility index (Phi) is 3.51. The standard InChI is InChI=1S/C19H22N2O/c1-21-11-12-22-17-13-15-7-9-20-10-8-16(15)18(19(17)21)14-5-3-2-4-6-14/h2-6,13,20H,7-12H2,1H3. The number of hydrogen-bond acceptors (Lipinski definition) is 3. The van der Waals surface area contributed by atoms with Gasteiger partial charge in [0.05, 0.1) is 12.2 Å². The van der Waals surface area contributed by atoms with Crippen molar-refractivity contribution in [2.45, 2.75) is 12.8 Å². The molecule has 2 aromatic rings. The molecule has 0 spiro atoms. The van der Waals surface area contributed by atoms with Gasteiger partial charge in [0.25, 0.3) is 0 Å². The molecular formula is C19H22N2O. The van der Waals surface area contributed by atoms with Crippen molar-refractivity contribution in [1.82, 2.24) is 5.32 Å². The SMILES string of the molecule is CN1CCOc2cc3c(c(-c4ccccc4)c21)CCNCC3. The highest BCUT2D eigenvalue weighted by molar-refractivity contribution is 5.87. The summed E-state index contributed by atoms with van der Waals surface area (Å²) in [5.74, 6) is 1.05. The maximum Gasteiger partial charge on any atom is 0.143 e. The third kappa shape index (κ3) is 2.26. The van der Waals surface area contributed by atoms with Gasteiger partial charge in [0.1, 0.15) is 12.4 Å². The van der Waals surface area contributed by atoms with Crippen LogP contribution in [0.2, 0.25) is 0 Å². The Morgan fingerprint density at radius 1 is 1.09 bits per heavy atom. The van der Waals surface area contributed by atoms with Crippen molar-refractivity contribution in [2.75, 3.05) is 38.2 Å². The van der Waals surface area contributed by atoms with E-state index < -0.39 is 0 Å². The molecule has 114 valence electrons. The van der Waals surface area contributed by atoms with Crippen LogP contribution in [0.5, 0.6) is 5.75 Å². The van der Waals surface area contributed by atoms with Crippen molar-refractivity contribution < 1.29 is 4.74 Å². The number of fused-ring (bicyclic) bond motifs is 2. The second-order valence-electron chi connectivity index (χ2n) is 6.12. The van der Waals surface area contributed by atoms with Gasteiger partial charge in [-0.25, -0.2) is 0 Å². The largest absolute Gasteiger partial charge is 0.490 e. The lowest BCUT2D eigenvalue weighted by molar-refractivity contribution is 0.311. The van der Waals surface area contributed by atoms with Gasteiger partial charge in [-0.2, -0.15) is 0 Å². The van der Waals surface area contributed by atoms with Crippen LogP contribution in [-0.2, 0) is 12.8 Å². The quantitative estimate of drug-likeness (QED) is 0.875. The lowest BCUT2D eigenvalue weighted by Crippen LogP contribution is -2.30. The first-order valence-electron chi connectivity index (χ1n) is 8.13. The van der Waals surface area contributed by atoms with E-state index in [4.69, 9.17) is 4.74 Å². The summed E-state index contributed by atoms with van der Waals surface area (Å²) in [6, 6.07) is 13.0. The minimum absolute atomic E-state index is 0.773. The third-order valence-corrected chi connectivity index (χ3v) is 4.72. The summed E-state index contributed by atoms with van der Waals surface area (Å²) >= 11 is 0. The molecule has 0 fully saturated rings. The van der Waals surface area contributed by atoms with E-state index in [1.165, 1.54) is 27.9 Å². The van der Waals surface area contributed by atoms with Crippen molar-refractivity contribution in [3.63, 3.8) is 0 Å². The normalized spacial score (nSPS) is 17.2. The number of rotatable bonds is 1. The fourth-order valence-corrected chi connectivity index (χ4v) is 3.62. The molecule has 22 heavy (non-hydrogen) atoms. The summed E-state index contributed by atoms with van der Waals surface area (Å²) in [5.41, 5.74) is 6.87. The summed E-state index contributed by atoms with van der Waals surface area (Å²) in [7, 11) is 2.18. The van der Waals surface area contributed by atoms with Crippen LogP contribution in [0.1, 0.15) is 11.1 Å². The van der Waals surface area contributed by atoms with Gasteiger partial charge in [-0.1, -0.05) is 30.3 Å².